The topological polar surface area (TPSA) is 28.2 Å². The summed E-state index contributed by atoms with van der Waals surface area (Å²) in [5.74, 6) is 0. The van der Waals surface area contributed by atoms with E-state index in [0.717, 1.165) is 25.7 Å². The second kappa shape index (κ2) is 15.8. The third-order valence-electron chi connectivity index (χ3n) is 6.45. The molecule has 5 nitrogen and oxygen atoms in total. The van der Waals surface area contributed by atoms with Gasteiger partial charge >= 0.3 is 8.56 Å². The fourth-order valence-electron chi connectivity index (χ4n) is 4.31. The van der Waals surface area contributed by atoms with Gasteiger partial charge in [0.25, 0.3) is 0 Å². The molecule has 0 spiro atoms. The second-order valence-electron chi connectivity index (χ2n) is 9.38. The van der Waals surface area contributed by atoms with Crippen LogP contribution in [0.3, 0.4) is 0 Å². The number of hydrogen-bond acceptors (Lipinski definition) is 5. The molecule has 0 rings (SSSR count). The van der Waals surface area contributed by atoms with E-state index in [0.29, 0.717) is 0 Å². The molecule has 0 N–H and O–H groups in total. The molecule has 0 aliphatic rings. The first-order valence-electron chi connectivity index (χ1n) is 11.9. The van der Waals surface area contributed by atoms with E-state index in [4.69, 9.17) is 8.85 Å². The average Bonchev–Trinajstić information content (AvgIpc) is 2.69. The summed E-state index contributed by atoms with van der Waals surface area (Å²) in [4.78, 5) is 7.50. The molecule has 0 amide bonds. The molecule has 0 aliphatic heterocycles. The van der Waals surface area contributed by atoms with Crippen molar-refractivity contribution < 1.29 is 8.85 Å². The highest BCUT2D eigenvalue weighted by atomic mass is 28.4. The minimum atomic E-state index is -2.16. The normalized spacial score (nSPS) is 13.2. The molecule has 0 aromatic rings. The van der Waals surface area contributed by atoms with Gasteiger partial charge < -0.3 is 23.6 Å². The molecule has 0 saturated heterocycles. The highest BCUT2D eigenvalue weighted by molar-refractivity contribution is 6.66. The van der Waals surface area contributed by atoms with Gasteiger partial charge in [0.1, 0.15) is 0 Å². The third kappa shape index (κ3) is 12.5. The van der Waals surface area contributed by atoms with Crippen molar-refractivity contribution in [3.8, 4) is 0 Å². The molecule has 0 saturated carbocycles. The van der Waals surface area contributed by atoms with Crippen LogP contribution in [-0.4, -0.2) is 97.9 Å². The van der Waals surface area contributed by atoms with E-state index in [2.05, 4.69) is 63.2 Å². The first-order chi connectivity index (χ1) is 13.7. The Balaban J connectivity index is 5.54. The van der Waals surface area contributed by atoms with Crippen molar-refractivity contribution in [1.29, 1.82) is 0 Å². The van der Waals surface area contributed by atoms with Gasteiger partial charge in [-0.15, -0.1) is 0 Å². The maximum atomic E-state index is 5.98. The van der Waals surface area contributed by atoms with E-state index in [-0.39, 0.29) is 5.41 Å². The summed E-state index contributed by atoms with van der Waals surface area (Å²) >= 11 is 0. The first-order valence-corrected chi connectivity index (χ1v) is 14.4. The standard InChI is InChI=1S/C23H53N3O2Si/c1-10-16-24(4)19-13-23(14-20-25(5)17-11-2,15-21-26(6)18-12-3)22-29(9,27-7)28-8/h10-22H2,1-9H3. The van der Waals surface area contributed by atoms with Gasteiger partial charge in [-0.25, -0.2) is 0 Å². The molecular formula is C23H53N3O2Si. The summed E-state index contributed by atoms with van der Waals surface area (Å²) in [6.45, 7) is 16.0. The van der Waals surface area contributed by atoms with Crippen LogP contribution in [0.5, 0.6) is 0 Å². The quantitative estimate of drug-likeness (QED) is 0.280. The molecule has 0 radical (unpaired) electrons. The Bertz CT molecular complexity index is 354. The van der Waals surface area contributed by atoms with Crippen molar-refractivity contribution in [2.24, 2.45) is 5.41 Å². The molecule has 6 heteroatoms. The molecule has 0 unspecified atom stereocenters. The van der Waals surface area contributed by atoms with Gasteiger partial charge in [0.15, 0.2) is 0 Å². The number of hydrogen-bond donors (Lipinski definition) is 0. The van der Waals surface area contributed by atoms with Crippen LogP contribution in [0.15, 0.2) is 0 Å². The largest absolute Gasteiger partial charge is 0.398 e. The monoisotopic (exact) mass is 431 g/mol. The summed E-state index contributed by atoms with van der Waals surface area (Å²) in [6, 6.07) is 1.08. The predicted octanol–water partition coefficient (Wildman–Crippen LogP) is 4.53. The van der Waals surface area contributed by atoms with E-state index in [1.54, 1.807) is 0 Å². The molecule has 0 aromatic carbocycles. The highest BCUT2D eigenvalue weighted by Gasteiger charge is 2.41. The summed E-state index contributed by atoms with van der Waals surface area (Å²) in [6.07, 6.45) is 7.30. The molecule has 0 heterocycles. The lowest BCUT2D eigenvalue weighted by atomic mass is 9.79. The smallest absolute Gasteiger partial charge is 0.334 e. The minimum absolute atomic E-state index is 0.263. The molecule has 0 aliphatic carbocycles. The van der Waals surface area contributed by atoms with Gasteiger partial charge in [-0.2, -0.15) is 0 Å². The lowest BCUT2D eigenvalue weighted by molar-refractivity contribution is 0.136. The Labute approximate surface area is 184 Å². The SMILES string of the molecule is CCCN(C)CCC(CCN(C)CCC)(CCN(C)CCC)C[Si](C)(OC)OC. The van der Waals surface area contributed by atoms with Gasteiger partial charge in [0.2, 0.25) is 0 Å². The number of rotatable bonds is 19. The Kier molecular flexibility index (Phi) is 15.8. The van der Waals surface area contributed by atoms with Crippen molar-refractivity contribution in [1.82, 2.24) is 14.7 Å². The van der Waals surface area contributed by atoms with Crippen LogP contribution in [0.25, 0.3) is 0 Å². The van der Waals surface area contributed by atoms with Gasteiger partial charge in [-0.05, 0) is 117 Å². The first kappa shape index (κ1) is 29.0. The second-order valence-corrected chi connectivity index (χ2v) is 12.8. The van der Waals surface area contributed by atoms with Crippen LogP contribution in [0.2, 0.25) is 12.6 Å². The van der Waals surface area contributed by atoms with E-state index >= 15 is 0 Å². The zero-order valence-electron chi connectivity index (χ0n) is 21.4. The van der Waals surface area contributed by atoms with Gasteiger partial charge in [0.05, 0.1) is 0 Å². The van der Waals surface area contributed by atoms with E-state index in [1.807, 2.05) is 14.2 Å². The van der Waals surface area contributed by atoms with Crippen molar-refractivity contribution in [2.45, 2.75) is 71.9 Å². The minimum Gasteiger partial charge on any atom is -0.398 e. The fraction of sp³-hybridized carbons (Fsp3) is 1.00. The lowest BCUT2D eigenvalue weighted by Gasteiger charge is -2.42. The van der Waals surface area contributed by atoms with Gasteiger partial charge in [-0.1, -0.05) is 20.8 Å². The van der Waals surface area contributed by atoms with E-state index in [9.17, 15) is 0 Å². The summed E-state index contributed by atoms with van der Waals surface area (Å²) in [5, 5.41) is 0. The van der Waals surface area contributed by atoms with Crippen LogP contribution >= 0.6 is 0 Å². The maximum Gasteiger partial charge on any atom is 0.334 e. The molecular weight excluding hydrogens is 378 g/mol. The van der Waals surface area contributed by atoms with Crippen LogP contribution in [0.4, 0.5) is 0 Å². The predicted molar refractivity (Wildman–Crippen MR) is 130 cm³/mol. The van der Waals surface area contributed by atoms with Crippen LogP contribution in [-0.2, 0) is 8.85 Å². The van der Waals surface area contributed by atoms with Gasteiger partial charge in [-0.3, -0.25) is 0 Å². The Morgan fingerprint density at radius 3 is 1.17 bits per heavy atom. The molecule has 0 aromatic heterocycles. The third-order valence-corrected chi connectivity index (χ3v) is 9.57. The van der Waals surface area contributed by atoms with Crippen molar-refractivity contribution in [2.75, 3.05) is 74.6 Å². The van der Waals surface area contributed by atoms with Crippen LogP contribution in [0.1, 0.15) is 59.3 Å². The molecule has 0 bridgehead atoms. The maximum absolute atomic E-state index is 5.98. The molecule has 0 fully saturated rings. The number of nitrogens with zero attached hydrogens (tertiary/aromatic N) is 3. The van der Waals surface area contributed by atoms with E-state index in [1.165, 1.54) is 58.2 Å². The van der Waals surface area contributed by atoms with Crippen molar-refractivity contribution in [3.63, 3.8) is 0 Å². The zero-order chi connectivity index (χ0) is 22.3. The van der Waals surface area contributed by atoms with E-state index < -0.39 is 8.56 Å². The van der Waals surface area contributed by atoms with Gasteiger partial charge in [0, 0.05) is 14.2 Å². The zero-order valence-corrected chi connectivity index (χ0v) is 22.4. The Morgan fingerprint density at radius 1 is 0.621 bits per heavy atom. The molecule has 176 valence electrons. The fourth-order valence-corrected chi connectivity index (χ4v) is 6.66. The summed E-state index contributed by atoms with van der Waals surface area (Å²) < 4.78 is 12.0. The highest BCUT2D eigenvalue weighted by Crippen LogP contribution is 2.41. The molecule has 29 heavy (non-hydrogen) atoms. The van der Waals surface area contributed by atoms with Crippen LogP contribution < -0.4 is 0 Å². The Morgan fingerprint density at radius 2 is 0.931 bits per heavy atom. The Hall–Kier alpha value is 0.0169. The van der Waals surface area contributed by atoms with Crippen molar-refractivity contribution >= 4 is 8.56 Å². The molecule has 0 atom stereocenters. The van der Waals surface area contributed by atoms with Crippen molar-refractivity contribution in [3.05, 3.63) is 0 Å². The summed E-state index contributed by atoms with van der Waals surface area (Å²) in [5.41, 5.74) is 0.263. The summed E-state index contributed by atoms with van der Waals surface area (Å²) in [7, 11) is 8.33. The average molecular weight is 432 g/mol. The van der Waals surface area contributed by atoms with Crippen LogP contribution in [0, 0.1) is 5.41 Å². The lowest BCUT2D eigenvalue weighted by Crippen LogP contribution is -2.45.